The molecule has 1 unspecified atom stereocenters. The van der Waals surface area contributed by atoms with Gasteiger partial charge >= 0.3 is 30.1 Å². The van der Waals surface area contributed by atoms with E-state index in [9.17, 15) is 57.1 Å². The van der Waals surface area contributed by atoms with Gasteiger partial charge in [0.05, 0.1) is 0 Å². The van der Waals surface area contributed by atoms with Gasteiger partial charge in [0, 0.05) is 5.56 Å². The molecule has 0 aliphatic carbocycles. The highest BCUT2D eigenvalue weighted by Crippen LogP contribution is 2.63. The monoisotopic (exact) mass is 396 g/mol. The van der Waals surface area contributed by atoms with Crippen LogP contribution < -0.4 is 0 Å². The molecule has 0 aromatic heterocycles. The highest BCUT2D eigenvalue weighted by Gasteiger charge is 2.90. The largest absolute Gasteiger partial charge is 0.460 e. The molecule has 0 fully saturated rings. The lowest BCUT2D eigenvalue weighted by Crippen LogP contribution is -2.69. The average Bonchev–Trinajstić information content (AvgIpc) is 2.44. The minimum absolute atomic E-state index is 0.108. The second-order valence-electron chi connectivity index (χ2n) is 4.74. The Labute approximate surface area is 130 Å². The Morgan fingerprint density at radius 3 is 1.16 bits per heavy atom. The van der Waals surface area contributed by atoms with E-state index in [-0.39, 0.29) is 12.1 Å². The first-order valence-corrected chi connectivity index (χ1v) is 5.87. The summed E-state index contributed by atoms with van der Waals surface area (Å²) in [6.45, 7) is 0. The predicted octanol–water partition coefficient (Wildman–Crippen LogP) is 5.88. The molecular formula is C12H5F13. The third-order valence-corrected chi connectivity index (χ3v) is 3.14. The molecule has 1 aromatic carbocycles. The van der Waals surface area contributed by atoms with E-state index in [0.717, 1.165) is 6.07 Å². The number of rotatable bonds is 4. The van der Waals surface area contributed by atoms with Gasteiger partial charge < -0.3 is 0 Å². The van der Waals surface area contributed by atoms with E-state index >= 15 is 0 Å². The minimum Gasteiger partial charge on any atom is -0.221 e. The third-order valence-electron chi connectivity index (χ3n) is 3.14. The van der Waals surface area contributed by atoms with Gasteiger partial charge in [0.1, 0.15) is 0 Å². The fourth-order valence-electron chi connectivity index (χ4n) is 1.78. The topological polar surface area (TPSA) is 0 Å². The molecule has 0 amide bonds. The lowest BCUT2D eigenvalue weighted by molar-refractivity contribution is -0.435. The van der Waals surface area contributed by atoms with Gasteiger partial charge in [-0.3, -0.25) is 0 Å². The molecule has 0 heterocycles. The Kier molecular flexibility index (Phi) is 4.83. The molecule has 1 aromatic rings. The zero-order valence-corrected chi connectivity index (χ0v) is 11.3. The van der Waals surface area contributed by atoms with Crippen molar-refractivity contribution in [2.45, 2.75) is 35.8 Å². The predicted molar refractivity (Wildman–Crippen MR) is 56.2 cm³/mol. The minimum atomic E-state index is -7.77. The summed E-state index contributed by atoms with van der Waals surface area (Å²) >= 11 is 0. The van der Waals surface area contributed by atoms with Crippen LogP contribution in [-0.4, -0.2) is 30.1 Å². The van der Waals surface area contributed by atoms with Crippen molar-refractivity contribution in [3.8, 4) is 0 Å². The molecule has 13 heteroatoms. The third kappa shape index (κ3) is 2.80. The van der Waals surface area contributed by atoms with Crippen molar-refractivity contribution in [2.24, 2.45) is 0 Å². The maximum Gasteiger partial charge on any atom is 0.460 e. The molecule has 0 aliphatic heterocycles. The first-order chi connectivity index (χ1) is 10.9. The van der Waals surface area contributed by atoms with E-state index in [4.69, 9.17) is 0 Å². The van der Waals surface area contributed by atoms with Crippen molar-refractivity contribution in [3.63, 3.8) is 0 Å². The summed E-state index contributed by atoms with van der Waals surface area (Å²) in [5, 5.41) is 0. The van der Waals surface area contributed by atoms with E-state index in [2.05, 4.69) is 0 Å². The summed E-state index contributed by atoms with van der Waals surface area (Å²) in [7, 11) is 0. The molecule has 0 radical (unpaired) electrons. The molecule has 1 rings (SSSR count). The molecule has 0 nitrogen and oxygen atoms in total. The second-order valence-corrected chi connectivity index (χ2v) is 4.74. The van der Waals surface area contributed by atoms with Crippen LogP contribution in [0.15, 0.2) is 30.3 Å². The van der Waals surface area contributed by atoms with Crippen LogP contribution in [0.1, 0.15) is 5.56 Å². The summed E-state index contributed by atoms with van der Waals surface area (Å²) in [6, 6.07) is 1.55. The van der Waals surface area contributed by atoms with E-state index in [0.29, 0.717) is 12.1 Å². The number of benzene rings is 1. The Bertz CT molecular complexity index is 598. The highest BCUT2D eigenvalue weighted by atomic mass is 19.4. The van der Waals surface area contributed by atoms with E-state index in [1.54, 1.807) is 0 Å². The van der Waals surface area contributed by atoms with Gasteiger partial charge in [0.25, 0.3) is 5.67 Å². The van der Waals surface area contributed by atoms with Crippen molar-refractivity contribution >= 4 is 0 Å². The Morgan fingerprint density at radius 2 is 0.840 bits per heavy atom. The maximum absolute atomic E-state index is 14.2. The second kappa shape index (κ2) is 5.66. The van der Waals surface area contributed by atoms with Gasteiger partial charge in [0.2, 0.25) is 0 Å². The molecule has 0 N–H and O–H groups in total. The molecule has 0 saturated carbocycles. The fraction of sp³-hybridized carbons (Fsp3) is 0.500. The van der Waals surface area contributed by atoms with Gasteiger partial charge in [-0.05, 0) is 0 Å². The van der Waals surface area contributed by atoms with Gasteiger partial charge in [-0.2, -0.15) is 52.7 Å². The molecular weight excluding hydrogens is 391 g/mol. The maximum atomic E-state index is 14.2. The molecule has 144 valence electrons. The Balaban J connectivity index is 3.75. The summed E-state index contributed by atoms with van der Waals surface area (Å²) < 4.78 is 168. The van der Waals surface area contributed by atoms with Crippen LogP contribution in [0.3, 0.4) is 0 Å². The van der Waals surface area contributed by atoms with Crippen LogP contribution in [-0.2, 0) is 5.67 Å². The number of halogens is 13. The van der Waals surface area contributed by atoms with Gasteiger partial charge in [-0.1, -0.05) is 30.3 Å². The van der Waals surface area contributed by atoms with Crippen LogP contribution in [0, 0.1) is 0 Å². The molecule has 0 spiro atoms. The zero-order valence-electron chi connectivity index (χ0n) is 11.3. The lowest BCUT2D eigenvalue weighted by Gasteiger charge is -2.41. The lowest BCUT2D eigenvalue weighted by atomic mass is 9.82. The van der Waals surface area contributed by atoms with Crippen molar-refractivity contribution < 1.29 is 57.1 Å². The summed E-state index contributed by atoms with van der Waals surface area (Å²) in [4.78, 5) is 0. The van der Waals surface area contributed by atoms with Crippen LogP contribution in [0.4, 0.5) is 57.1 Å². The first-order valence-electron chi connectivity index (χ1n) is 5.87. The molecule has 0 saturated heterocycles. The normalized spacial score (nSPS) is 17.3. The fourth-order valence-corrected chi connectivity index (χ4v) is 1.78. The summed E-state index contributed by atoms with van der Waals surface area (Å²) in [5.74, 6) is -22.9. The smallest absolute Gasteiger partial charge is 0.221 e. The van der Waals surface area contributed by atoms with Gasteiger partial charge in [-0.25, -0.2) is 4.39 Å². The highest BCUT2D eigenvalue weighted by molar-refractivity contribution is 5.30. The van der Waals surface area contributed by atoms with E-state index < -0.39 is 41.4 Å². The first kappa shape index (κ1) is 21.4. The summed E-state index contributed by atoms with van der Waals surface area (Å²) in [6.07, 6.45) is -14.3. The van der Waals surface area contributed by atoms with Gasteiger partial charge in [0.15, 0.2) is 0 Å². The molecule has 0 bridgehead atoms. The van der Waals surface area contributed by atoms with Crippen LogP contribution in [0.2, 0.25) is 0 Å². The van der Waals surface area contributed by atoms with E-state index in [1.807, 2.05) is 0 Å². The van der Waals surface area contributed by atoms with Crippen LogP contribution >= 0.6 is 0 Å². The molecule has 0 aliphatic rings. The summed E-state index contributed by atoms with van der Waals surface area (Å²) in [5.41, 5.74) is -8.80. The van der Waals surface area contributed by atoms with E-state index in [1.165, 1.54) is 0 Å². The quantitative estimate of drug-likeness (QED) is 0.558. The number of hydrogen-bond donors (Lipinski definition) is 0. The standard InChI is InChI=1S/C12H5F13/c13-7(11(20,21)22,6-4-2-1-3-5-6)8(14,15)9(16,17)10(18,19)12(23,24)25/h1-5H. The molecule has 25 heavy (non-hydrogen) atoms. The molecule has 1 atom stereocenters. The van der Waals surface area contributed by atoms with Crippen molar-refractivity contribution in [1.82, 2.24) is 0 Å². The van der Waals surface area contributed by atoms with Crippen molar-refractivity contribution in [2.75, 3.05) is 0 Å². The Hall–Kier alpha value is -1.69. The number of hydrogen-bond acceptors (Lipinski definition) is 0. The van der Waals surface area contributed by atoms with Crippen LogP contribution in [0.25, 0.3) is 0 Å². The Morgan fingerprint density at radius 1 is 0.440 bits per heavy atom. The van der Waals surface area contributed by atoms with Crippen molar-refractivity contribution in [1.29, 1.82) is 0 Å². The van der Waals surface area contributed by atoms with Gasteiger partial charge in [-0.15, -0.1) is 0 Å². The SMILES string of the molecule is FC(F)(F)C(F)(F)C(F)(F)C(F)(F)C(F)(c1ccccc1)C(F)(F)F. The average molecular weight is 396 g/mol. The van der Waals surface area contributed by atoms with Crippen LogP contribution in [0.5, 0.6) is 0 Å². The number of alkyl halides is 13. The zero-order chi connectivity index (χ0) is 20.1. The van der Waals surface area contributed by atoms with Crippen molar-refractivity contribution in [3.05, 3.63) is 35.9 Å².